The normalized spacial score (nSPS) is 16.4. The lowest BCUT2D eigenvalue weighted by Crippen LogP contribution is -2.17. The summed E-state index contributed by atoms with van der Waals surface area (Å²) in [6, 6.07) is 8.08. The Balaban J connectivity index is 1.64. The Morgan fingerprint density at radius 3 is 2.67 bits per heavy atom. The Morgan fingerprint density at radius 1 is 1.33 bits per heavy atom. The molecule has 1 N–H and O–H groups in total. The molecule has 0 saturated carbocycles. The summed E-state index contributed by atoms with van der Waals surface area (Å²) in [6.07, 6.45) is 1.79. The van der Waals surface area contributed by atoms with Crippen LogP contribution in [0.2, 0.25) is 4.47 Å². The topological polar surface area (TPSA) is 46.5 Å². The first-order valence-corrected chi connectivity index (χ1v) is 7.88. The minimum atomic E-state index is -0.127. The molecule has 1 aromatic heterocycles. The van der Waals surface area contributed by atoms with E-state index in [0.29, 0.717) is 17.6 Å². The second-order valence-corrected chi connectivity index (χ2v) is 7.23. The summed E-state index contributed by atoms with van der Waals surface area (Å²) < 4.78 is 6.21. The minimum Gasteiger partial charge on any atom is -0.475 e. The molecule has 0 fully saturated rings. The van der Waals surface area contributed by atoms with Gasteiger partial charge >= 0.3 is 0 Å². The summed E-state index contributed by atoms with van der Waals surface area (Å²) in [5, 5.41) is 3.34. The van der Waals surface area contributed by atoms with Gasteiger partial charge in [-0.05, 0) is 38.1 Å². The fourth-order valence-electron chi connectivity index (χ4n) is 2.02. The van der Waals surface area contributed by atoms with Gasteiger partial charge in [-0.3, -0.25) is 0 Å². The highest BCUT2D eigenvalue weighted by Gasteiger charge is 2.26. The first-order valence-electron chi connectivity index (χ1n) is 6.69. The van der Waals surface area contributed by atoms with Crippen molar-refractivity contribution in [3.05, 3.63) is 45.4 Å². The number of aromatic nitrogens is 1. The standard InChI is InChI=1S/C15H16ClN3OS/c1-15(2)9-20-13(19-15)10-3-5-11(6-4-10)17-7-12-8-18-14(16)21-12/h3-6,8,17H,7,9H2,1-2H3. The van der Waals surface area contributed by atoms with Crippen LogP contribution in [-0.2, 0) is 11.3 Å². The van der Waals surface area contributed by atoms with E-state index in [1.54, 1.807) is 6.20 Å². The average Bonchev–Trinajstić information content (AvgIpc) is 3.03. The highest BCUT2D eigenvalue weighted by Crippen LogP contribution is 2.22. The number of nitrogens with zero attached hydrogens (tertiary/aromatic N) is 2. The zero-order valence-electron chi connectivity index (χ0n) is 11.9. The second-order valence-electron chi connectivity index (χ2n) is 5.53. The van der Waals surface area contributed by atoms with E-state index in [-0.39, 0.29) is 5.54 Å². The number of ether oxygens (including phenoxy) is 1. The van der Waals surface area contributed by atoms with E-state index in [2.05, 4.69) is 29.1 Å². The van der Waals surface area contributed by atoms with Gasteiger partial charge in [-0.25, -0.2) is 9.98 Å². The van der Waals surface area contributed by atoms with Crippen molar-refractivity contribution < 1.29 is 4.74 Å². The van der Waals surface area contributed by atoms with Gasteiger partial charge in [0.25, 0.3) is 0 Å². The van der Waals surface area contributed by atoms with E-state index >= 15 is 0 Å². The molecule has 1 aromatic carbocycles. The highest BCUT2D eigenvalue weighted by atomic mass is 35.5. The predicted octanol–water partition coefficient (Wildman–Crippen LogP) is 3.96. The highest BCUT2D eigenvalue weighted by molar-refractivity contribution is 7.15. The van der Waals surface area contributed by atoms with Gasteiger partial charge in [0, 0.05) is 22.3 Å². The van der Waals surface area contributed by atoms with Crippen LogP contribution < -0.4 is 5.32 Å². The molecular formula is C15H16ClN3OS. The average molecular weight is 322 g/mol. The number of nitrogens with one attached hydrogen (secondary N) is 1. The molecule has 2 heterocycles. The summed E-state index contributed by atoms with van der Waals surface area (Å²) in [7, 11) is 0. The van der Waals surface area contributed by atoms with Crippen molar-refractivity contribution in [1.82, 2.24) is 4.98 Å². The molecule has 0 amide bonds. The lowest BCUT2D eigenvalue weighted by molar-refractivity contribution is 0.279. The van der Waals surface area contributed by atoms with Crippen LogP contribution in [-0.4, -0.2) is 23.0 Å². The molecule has 0 atom stereocenters. The Morgan fingerprint density at radius 2 is 2.10 bits per heavy atom. The molecule has 2 aromatic rings. The molecule has 6 heteroatoms. The fourth-order valence-corrected chi connectivity index (χ4v) is 2.94. The van der Waals surface area contributed by atoms with Gasteiger partial charge in [-0.15, -0.1) is 11.3 Å². The van der Waals surface area contributed by atoms with Crippen molar-refractivity contribution >= 4 is 34.5 Å². The summed E-state index contributed by atoms with van der Waals surface area (Å²) in [6.45, 7) is 5.48. The number of thiazole rings is 1. The Kier molecular flexibility index (Phi) is 3.87. The SMILES string of the molecule is CC1(C)COC(c2ccc(NCc3cnc(Cl)s3)cc2)=N1. The van der Waals surface area contributed by atoms with Crippen molar-refractivity contribution in [1.29, 1.82) is 0 Å². The van der Waals surface area contributed by atoms with Gasteiger partial charge in [0.1, 0.15) is 6.61 Å². The van der Waals surface area contributed by atoms with Crippen molar-refractivity contribution in [3.8, 4) is 0 Å². The van der Waals surface area contributed by atoms with Gasteiger partial charge in [0.2, 0.25) is 5.90 Å². The molecule has 110 valence electrons. The van der Waals surface area contributed by atoms with Crippen LogP contribution in [0.1, 0.15) is 24.3 Å². The Bertz CT molecular complexity index is 664. The van der Waals surface area contributed by atoms with Crippen LogP contribution in [0.3, 0.4) is 0 Å². The van der Waals surface area contributed by atoms with Crippen LogP contribution in [0, 0.1) is 0 Å². The molecule has 0 bridgehead atoms. The number of hydrogen-bond acceptors (Lipinski definition) is 5. The largest absolute Gasteiger partial charge is 0.475 e. The summed E-state index contributed by atoms with van der Waals surface area (Å²) in [5.41, 5.74) is 1.92. The zero-order chi connectivity index (χ0) is 14.9. The predicted molar refractivity (Wildman–Crippen MR) is 87.5 cm³/mol. The molecule has 0 unspecified atom stereocenters. The maximum atomic E-state index is 5.81. The number of benzene rings is 1. The maximum Gasteiger partial charge on any atom is 0.216 e. The van der Waals surface area contributed by atoms with Gasteiger partial charge in [0.15, 0.2) is 4.47 Å². The van der Waals surface area contributed by atoms with E-state index in [1.165, 1.54) is 11.3 Å². The molecule has 1 aliphatic rings. The van der Waals surface area contributed by atoms with Gasteiger partial charge in [-0.2, -0.15) is 0 Å². The van der Waals surface area contributed by atoms with Crippen LogP contribution in [0.15, 0.2) is 35.5 Å². The number of halogens is 1. The lowest BCUT2D eigenvalue weighted by Gasteiger charge is -2.07. The third-order valence-electron chi connectivity index (χ3n) is 3.09. The molecule has 1 aliphatic heterocycles. The van der Waals surface area contributed by atoms with E-state index in [1.807, 2.05) is 24.3 Å². The number of aliphatic imine (C=N–C) groups is 1. The number of hydrogen-bond donors (Lipinski definition) is 1. The van der Waals surface area contributed by atoms with E-state index in [0.717, 1.165) is 22.0 Å². The van der Waals surface area contributed by atoms with Crippen LogP contribution >= 0.6 is 22.9 Å². The summed E-state index contributed by atoms with van der Waals surface area (Å²) in [5.74, 6) is 0.723. The second kappa shape index (κ2) is 5.66. The van der Waals surface area contributed by atoms with Crippen LogP contribution in [0.5, 0.6) is 0 Å². The summed E-state index contributed by atoms with van der Waals surface area (Å²) in [4.78, 5) is 9.70. The molecule has 21 heavy (non-hydrogen) atoms. The van der Waals surface area contributed by atoms with Gasteiger partial charge < -0.3 is 10.1 Å². The Labute approximate surface area is 132 Å². The minimum absolute atomic E-state index is 0.127. The van der Waals surface area contributed by atoms with E-state index in [9.17, 15) is 0 Å². The molecule has 0 aliphatic carbocycles. The zero-order valence-corrected chi connectivity index (χ0v) is 13.5. The quantitative estimate of drug-likeness (QED) is 0.927. The lowest BCUT2D eigenvalue weighted by atomic mass is 10.1. The van der Waals surface area contributed by atoms with Crippen molar-refractivity contribution in [2.24, 2.45) is 4.99 Å². The third kappa shape index (κ3) is 3.54. The van der Waals surface area contributed by atoms with Crippen LogP contribution in [0.4, 0.5) is 5.69 Å². The first kappa shape index (κ1) is 14.4. The fraction of sp³-hybridized carbons (Fsp3) is 0.333. The first-order chi connectivity index (χ1) is 10.0. The summed E-state index contributed by atoms with van der Waals surface area (Å²) >= 11 is 7.29. The Hall–Kier alpha value is -1.59. The van der Waals surface area contributed by atoms with Crippen molar-refractivity contribution in [2.75, 3.05) is 11.9 Å². The van der Waals surface area contributed by atoms with Crippen molar-refractivity contribution in [3.63, 3.8) is 0 Å². The molecule has 4 nitrogen and oxygen atoms in total. The van der Waals surface area contributed by atoms with Gasteiger partial charge in [-0.1, -0.05) is 11.6 Å². The molecule has 0 spiro atoms. The van der Waals surface area contributed by atoms with E-state index < -0.39 is 0 Å². The third-order valence-corrected chi connectivity index (χ3v) is 4.21. The molecule has 0 radical (unpaired) electrons. The maximum absolute atomic E-state index is 5.81. The van der Waals surface area contributed by atoms with Gasteiger partial charge in [0.05, 0.1) is 12.1 Å². The van der Waals surface area contributed by atoms with Crippen LogP contribution in [0.25, 0.3) is 0 Å². The van der Waals surface area contributed by atoms with Crippen molar-refractivity contribution in [2.45, 2.75) is 25.9 Å². The number of anilines is 1. The number of rotatable bonds is 4. The smallest absolute Gasteiger partial charge is 0.216 e. The molecular weight excluding hydrogens is 306 g/mol. The van der Waals surface area contributed by atoms with E-state index in [4.69, 9.17) is 16.3 Å². The molecule has 3 rings (SSSR count). The molecule has 0 saturated heterocycles. The monoisotopic (exact) mass is 321 g/mol.